The molecule has 0 saturated carbocycles. The Balaban J connectivity index is 1.85. The molecule has 0 saturated heterocycles. The van der Waals surface area contributed by atoms with E-state index in [1.165, 1.54) is 37.0 Å². The van der Waals surface area contributed by atoms with Gasteiger partial charge in [0, 0.05) is 18.1 Å². The average Bonchev–Trinajstić information content (AvgIpc) is 2.63. The van der Waals surface area contributed by atoms with Gasteiger partial charge in [-0.2, -0.15) is 5.10 Å². The molecule has 142 valence electrons. The minimum absolute atomic E-state index is 0.173. The number of carbonyl (C=O) groups is 2. The Hall–Kier alpha value is -2.52. The van der Waals surface area contributed by atoms with E-state index in [-0.39, 0.29) is 23.9 Å². The van der Waals surface area contributed by atoms with Crippen LogP contribution < -0.4 is 20.5 Å². The number of hydrogen-bond donors (Lipinski definition) is 1. The van der Waals surface area contributed by atoms with Crippen LogP contribution in [-0.4, -0.2) is 41.5 Å². The molecule has 1 aliphatic rings. The number of amides is 2. The molecule has 0 spiro atoms. The van der Waals surface area contributed by atoms with Crippen molar-refractivity contribution in [1.29, 1.82) is 0 Å². The highest BCUT2D eigenvalue weighted by molar-refractivity contribution is 8.00. The third-order valence-corrected chi connectivity index (χ3v) is 5.50. The number of nitrogens with zero attached hydrogens (tertiary/aromatic N) is 3. The summed E-state index contributed by atoms with van der Waals surface area (Å²) in [6.45, 7) is 1.50. The highest BCUT2D eigenvalue weighted by Crippen LogP contribution is 2.32. The Bertz CT molecular complexity index is 992. The highest BCUT2D eigenvalue weighted by atomic mass is 35.5. The van der Waals surface area contributed by atoms with Gasteiger partial charge in [0.2, 0.25) is 11.8 Å². The van der Waals surface area contributed by atoms with Crippen LogP contribution in [0.15, 0.2) is 28.0 Å². The van der Waals surface area contributed by atoms with E-state index in [1.807, 2.05) is 0 Å². The van der Waals surface area contributed by atoms with E-state index in [0.717, 1.165) is 10.2 Å². The summed E-state index contributed by atoms with van der Waals surface area (Å²) in [4.78, 5) is 38.8. The van der Waals surface area contributed by atoms with Crippen molar-refractivity contribution >= 4 is 46.6 Å². The first-order chi connectivity index (χ1) is 12.8. The zero-order valence-electron chi connectivity index (χ0n) is 14.9. The fourth-order valence-corrected chi connectivity index (χ4v) is 3.72. The fraction of sp³-hybridized carbons (Fsp3) is 0.294. The maximum absolute atomic E-state index is 12.7. The second-order valence-electron chi connectivity index (χ2n) is 5.91. The van der Waals surface area contributed by atoms with Crippen molar-refractivity contribution in [3.8, 4) is 5.75 Å². The van der Waals surface area contributed by atoms with Crippen LogP contribution in [0.3, 0.4) is 0 Å². The first kappa shape index (κ1) is 19.2. The molecule has 2 amide bonds. The number of benzene rings is 1. The molecule has 0 unspecified atom stereocenters. The molecular weight excluding hydrogens is 392 g/mol. The number of carbonyl (C=O) groups excluding carboxylic acids is 2. The van der Waals surface area contributed by atoms with E-state index in [0.29, 0.717) is 21.4 Å². The number of aryl methyl sites for hydroxylation is 1. The smallest absolute Gasteiger partial charge is 0.292 e. The molecule has 0 fully saturated rings. The van der Waals surface area contributed by atoms with Crippen LogP contribution in [-0.2, 0) is 16.1 Å². The van der Waals surface area contributed by atoms with Crippen molar-refractivity contribution in [3.05, 3.63) is 39.3 Å². The number of halogens is 1. The number of ether oxygens (including phenoxy) is 1. The van der Waals surface area contributed by atoms with Crippen LogP contribution in [0.1, 0.15) is 5.56 Å². The number of aromatic nitrogens is 2. The van der Waals surface area contributed by atoms with Crippen LogP contribution in [0.25, 0.3) is 0 Å². The Morgan fingerprint density at radius 2 is 2.15 bits per heavy atom. The fourth-order valence-electron chi connectivity index (χ4n) is 2.61. The molecule has 27 heavy (non-hydrogen) atoms. The summed E-state index contributed by atoms with van der Waals surface area (Å²) >= 11 is 7.32. The van der Waals surface area contributed by atoms with Crippen molar-refractivity contribution in [2.45, 2.75) is 18.4 Å². The van der Waals surface area contributed by atoms with Gasteiger partial charge in [0.25, 0.3) is 5.56 Å². The maximum Gasteiger partial charge on any atom is 0.292 e. The summed E-state index contributed by atoms with van der Waals surface area (Å²) in [6.07, 6.45) is 1.49. The molecule has 1 aliphatic heterocycles. The molecule has 3 rings (SSSR count). The van der Waals surface area contributed by atoms with Gasteiger partial charge in [-0.05, 0) is 18.6 Å². The van der Waals surface area contributed by atoms with E-state index in [2.05, 4.69) is 10.4 Å². The van der Waals surface area contributed by atoms with Gasteiger partial charge in [-0.1, -0.05) is 11.6 Å². The lowest BCUT2D eigenvalue weighted by Crippen LogP contribution is -2.40. The Morgan fingerprint density at radius 3 is 2.85 bits per heavy atom. The van der Waals surface area contributed by atoms with Gasteiger partial charge in [-0.25, -0.2) is 4.68 Å². The number of hydrogen-bond acceptors (Lipinski definition) is 6. The molecule has 0 radical (unpaired) electrons. The normalized spacial score (nSPS) is 13.3. The summed E-state index contributed by atoms with van der Waals surface area (Å²) in [5.74, 6) is 0.0341. The molecule has 0 atom stereocenters. The summed E-state index contributed by atoms with van der Waals surface area (Å²) < 4.78 is 6.25. The zero-order chi connectivity index (χ0) is 19.7. The standard InChI is InChI=1S/C17H17ClN4O4S/c1-9-4-11(12(26-3)5-10(9)18)20-14(23)7-22-17(25)16-13(6-19-22)27-8-15(24)21(16)2/h4-6H,7-8H2,1-3H3,(H,20,23). The lowest BCUT2D eigenvalue weighted by Gasteiger charge is -2.24. The predicted octanol–water partition coefficient (Wildman–Crippen LogP) is 1.92. The van der Waals surface area contributed by atoms with E-state index < -0.39 is 11.5 Å². The molecular formula is C17H17ClN4O4S. The van der Waals surface area contributed by atoms with Gasteiger partial charge in [0.15, 0.2) is 0 Å². The molecule has 8 nitrogen and oxygen atoms in total. The molecule has 1 aromatic heterocycles. The Labute approximate surface area is 164 Å². The summed E-state index contributed by atoms with van der Waals surface area (Å²) in [7, 11) is 3.00. The molecule has 0 aliphatic carbocycles. The SMILES string of the molecule is COc1cc(Cl)c(C)cc1NC(=O)Cn1ncc2c(c1=O)N(C)C(=O)CS2. The molecule has 1 aromatic carbocycles. The summed E-state index contributed by atoms with van der Waals surface area (Å²) in [5.41, 5.74) is 0.955. The second kappa shape index (κ2) is 7.61. The third kappa shape index (κ3) is 3.79. The minimum atomic E-state index is -0.495. The van der Waals surface area contributed by atoms with E-state index in [9.17, 15) is 14.4 Å². The van der Waals surface area contributed by atoms with E-state index in [1.54, 1.807) is 19.1 Å². The third-order valence-electron chi connectivity index (χ3n) is 4.09. The monoisotopic (exact) mass is 408 g/mol. The topological polar surface area (TPSA) is 93.5 Å². The molecule has 10 heteroatoms. The van der Waals surface area contributed by atoms with Gasteiger partial charge >= 0.3 is 0 Å². The van der Waals surface area contributed by atoms with Crippen LogP contribution >= 0.6 is 23.4 Å². The van der Waals surface area contributed by atoms with Crippen molar-refractivity contribution in [1.82, 2.24) is 9.78 Å². The second-order valence-corrected chi connectivity index (χ2v) is 7.34. The van der Waals surface area contributed by atoms with Crippen LogP contribution in [0.4, 0.5) is 11.4 Å². The van der Waals surface area contributed by atoms with Crippen LogP contribution in [0, 0.1) is 6.92 Å². The lowest BCUT2D eigenvalue weighted by molar-refractivity contribution is -0.117. The number of fused-ring (bicyclic) bond motifs is 1. The van der Waals surface area contributed by atoms with Gasteiger partial charge in [0.05, 0.1) is 29.6 Å². The molecule has 0 bridgehead atoms. The summed E-state index contributed by atoms with van der Waals surface area (Å²) in [6, 6.07) is 3.29. The zero-order valence-corrected chi connectivity index (χ0v) is 16.5. The van der Waals surface area contributed by atoms with Crippen LogP contribution in [0.5, 0.6) is 5.75 Å². The number of rotatable bonds is 4. The van der Waals surface area contributed by atoms with Crippen molar-refractivity contribution in [3.63, 3.8) is 0 Å². The first-order valence-corrected chi connectivity index (χ1v) is 9.31. The Kier molecular flexibility index (Phi) is 5.43. The number of nitrogens with one attached hydrogen (secondary N) is 1. The largest absolute Gasteiger partial charge is 0.495 e. The van der Waals surface area contributed by atoms with Gasteiger partial charge in [-0.15, -0.1) is 11.8 Å². The molecule has 2 heterocycles. The Morgan fingerprint density at radius 1 is 1.41 bits per heavy atom. The van der Waals surface area contributed by atoms with Crippen molar-refractivity contribution < 1.29 is 14.3 Å². The number of methoxy groups -OCH3 is 1. The van der Waals surface area contributed by atoms with E-state index >= 15 is 0 Å². The van der Waals surface area contributed by atoms with Crippen LogP contribution in [0.2, 0.25) is 5.02 Å². The first-order valence-electron chi connectivity index (χ1n) is 7.95. The summed E-state index contributed by atoms with van der Waals surface area (Å²) in [5, 5.41) is 7.25. The lowest BCUT2D eigenvalue weighted by atomic mass is 10.2. The minimum Gasteiger partial charge on any atom is -0.495 e. The van der Waals surface area contributed by atoms with Crippen molar-refractivity contribution in [2.24, 2.45) is 0 Å². The van der Waals surface area contributed by atoms with Gasteiger partial charge < -0.3 is 15.0 Å². The van der Waals surface area contributed by atoms with Gasteiger partial charge in [-0.3, -0.25) is 14.4 Å². The molecule has 1 N–H and O–H groups in total. The predicted molar refractivity (Wildman–Crippen MR) is 104 cm³/mol. The van der Waals surface area contributed by atoms with E-state index in [4.69, 9.17) is 16.3 Å². The average molecular weight is 409 g/mol. The molecule has 2 aromatic rings. The highest BCUT2D eigenvalue weighted by Gasteiger charge is 2.26. The number of thioether (sulfide) groups is 1. The van der Waals surface area contributed by atoms with Gasteiger partial charge in [0.1, 0.15) is 18.0 Å². The maximum atomic E-state index is 12.7. The van der Waals surface area contributed by atoms with Crippen molar-refractivity contribution in [2.75, 3.05) is 30.1 Å². The quantitative estimate of drug-likeness (QED) is 0.830. The number of anilines is 2.